The molecule has 0 spiro atoms. The predicted molar refractivity (Wildman–Crippen MR) is 151 cm³/mol. The molecule has 7 heteroatoms. The standard InChI is InChI=1S/C31H25N5O2/c1-34-20-35(28-10-6-5-9-27(28)34)21-13-15-33-31(17-21)38-23-11-12-25-24-7-3-4-8-26(24)36(29(25)18-23)30-19-22(37-2)14-16-32-30/h3-19H,20H2,1-2H3. The first-order chi connectivity index (χ1) is 18.7. The number of hydrogen-bond acceptors (Lipinski definition) is 6. The first-order valence-corrected chi connectivity index (χ1v) is 12.4. The van der Waals surface area contributed by atoms with Gasteiger partial charge in [-0.3, -0.25) is 4.57 Å². The molecule has 0 saturated carbocycles. The van der Waals surface area contributed by atoms with Crippen LogP contribution in [-0.4, -0.2) is 35.4 Å². The van der Waals surface area contributed by atoms with Gasteiger partial charge in [0.1, 0.15) is 17.3 Å². The van der Waals surface area contributed by atoms with Gasteiger partial charge < -0.3 is 19.3 Å². The van der Waals surface area contributed by atoms with Crippen molar-refractivity contribution in [2.24, 2.45) is 0 Å². The molecule has 7 rings (SSSR count). The average molecular weight is 500 g/mol. The summed E-state index contributed by atoms with van der Waals surface area (Å²) in [5.41, 5.74) is 5.47. The second kappa shape index (κ2) is 8.81. The molecular formula is C31H25N5O2. The Morgan fingerprint density at radius 1 is 0.711 bits per heavy atom. The van der Waals surface area contributed by atoms with Gasteiger partial charge in [0.15, 0.2) is 0 Å². The number of aromatic nitrogens is 3. The van der Waals surface area contributed by atoms with Crippen molar-refractivity contribution < 1.29 is 9.47 Å². The highest BCUT2D eigenvalue weighted by atomic mass is 16.5. The zero-order valence-corrected chi connectivity index (χ0v) is 21.1. The third-order valence-corrected chi connectivity index (χ3v) is 7.02. The van der Waals surface area contributed by atoms with E-state index in [9.17, 15) is 0 Å². The second-order valence-corrected chi connectivity index (χ2v) is 9.30. The lowest BCUT2D eigenvalue weighted by atomic mass is 10.1. The summed E-state index contributed by atoms with van der Waals surface area (Å²) in [6.07, 6.45) is 3.56. The van der Waals surface area contributed by atoms with Crippen LogP contribution in [0.15, 0.2) is 103 Å². The third-order valence-electron chi connectivity index (χ3n) is 7.02. The van der Waals surface area contributed by atoms with Gasteiger partial charge in [0.25, 0.3) is 0 Å². The van der Waals surface area contributed by atoms with Crippen molar-refractivity contribution in [1.29, 1.82) is 0 Å². The lowest BCUT2D eigenvalue weighted by Gasteiger charge is -2.20. The molecule has 0 atom stereocenters. The normalized spacial score (nSPS) is 12.8. The second-order valence-electron chi connectivity index (χ2n) is 9.30. The molecule has 1 aliphatic rings. The van der Waals surface area contributed by atoms with Gasteiger partial charge in [0.05, 0.1) is 36.2 Å². The van der Waals surface area contributed by atoms with E-state index in [0.717, 1.165) is 45.7 Å². The van der Waals surface area contributed by atoms with Crippen LogP contribution < -0.4 is 19.3 Å². The van der Waals surface area contributed by atoms with Crippen LogP contribution in [0.5, 0.6) is 17.4 Å². The van der Waals surface area contributed by atoms with Crippen LogP contribution in [0.3, 0.4) is 0 Å². The summed E-state index contributed by atoms with van der Waals surface area (Å²) in [5.74, 6) is 2.78. The maximum atomic E-state index is 6.32. The highest BCUT2D eigenvalue weighted by Gasteiger charge is 2.24. The molecule has 3 aromatic heterocycles. The number of fused-ring (bicyclic) bond motifs is 4. The van der Waals surface area contributed by atoms with Crippen LogP contribution in [0.2, 0.25) is 0 Å². The number of benzene rings is 3. The summed E-state index contributed by atoms with van der Waals surface area (Å²) in [4.78, 5) is 13.6. The summed E-state index contributed by atoms with van der Waals surface area (Å²) in [6, 6.07) is 30.7. The fourth-order valence-electron chi connectivity index (χ4n) is 5.25. The van der Waals surface area contributed by atoms with Crippen molar-refractivity contribution in [3.05, 3.63) is 103 Å². The molecule has 0 unspecified atom stereocenters. The molecular weight excluding hydrogens is 474 g/mol. The zero-order chi connectivity index (χ0) is 25.6. The first kappa shape index (κ1) is 22.2. The summed E-state index contributed by atoms with van der Waals surface area (Å²) in [7, 11) is 3.76. The molecule has 0 saturated heterocycles. The zero-order valence-electron chi connectivity index (χ0n) is 21.1. The number of ether oxygens (including phenoxy) is 2. The van der Waals surface area contributed by atoms with Gasteiger partial charge in [0.2, 0.25) is 5.88 Å². The Labute approximate surface area is 220 Å². The van der Waals surface area contributed by atoms with E-state index in [4.69, 9.17) is 9.47 Å². The Morgan fingerprint density at radius 2 is 1.50 bits per heavy atom. The average Bonchev–Trinajstić information content (AvgIpc) is 3.48. The molecule has 0 radical (unpaired) electrons. The van der Waals surface area contributed by atoms with E-state index < -0.39 is 0 Å². The summed E-state index contributed by atoms with van der Waals surface area (Å²) < 4.78 is 13.9. The van der Waals surface area contributed by atoms with Gasteiger partial charge in [-0.25, -0.2) is 9.97 Å². The molecule has 38 heavy (non-hydrogen) atoms. The minimum absolute atomic E-state index is 0.538. The molecule has 0 N–H and O–H groups in total. The van der Waals surface area contributed by atoms with Crippen molar-refractivity contribution in [2.45, 2.75) is 0 Å². The number of methoxy groups -OCH3 is 1. The van der Waals surface area contributed by atoms with E-state index in [2.05, 4.69) is 79.9 Å². The lowest BCUT2D eigenvalue weighted by Crippen LogP contribution is -2.23. The van der Waals surface area contributed by atoms with Crippen molar-refractivity contribution in [3.8, 4) is 23.2 Å². The van der Waals surface area contributed by atoms with Crippen molar-refractivity contribution in [2.75, 3.05) is 30.6 Å². The number of para-hydroxylation sites is 3. The van der Waals surface area contributed by atoms with E-state index in [0.29, 0.717) is 11.6 Å². The number of anilines is 3. The maximum absolute atomic E-state index is 6.32. The van der Waals surface area contributed by atoms with Gasteiger partial charge in [-0.05, 0) is 42.5 Å². The van der Waals surface area contributed by atoms with E-state index in [1.54, 1.807) is 19.5 Å². The van der Waals surface area contributed by atoms with Crippen molar-refractivity contribution >= 4 is 38.9 Å². The fraction of sp³-hybridized carbons (Fsp3) is 0.0968. The Balaban J connectivity index is 1.29. The van der Waals surface area contributed by atoms with Gasteiger partial charge in [-0.1, -0.05) is 30.3 Å². The van der Waals surface area contributed by atoms with E-state index in [-0.39, 0.29) is 0 Å². The molecule has 186 valence electrons. The first-order valence-electron chi connectivity index (χ1n) is 12.4. The molecule has 6 aromatic rings. The SMILES string of the molecule is COc1ccnc(-n2c3ccccc3c3ccc(Oc4cc(N5CN(C)c6ccccc65)ccn4)cc32)c1. The van der Waals surface area contributed by atoms with Crippen LogP contribution in [0, 0.1) is 0 Å². The molecule has 0 amide bonds. The highest BCUT2D eigenvalue weighted by molar-refractivity contribution is 6.09. The highest BCUT2D eigenvalue weighted by Crippen LogP contribution is 2.40. The Bertz CT molecular complexity index is 1810. The summed E-state index contributed by atoms with van der Waals surface area (Å²) in [5, 5.41) is 2.27. The van der Waals surface area contributed by atoms with E-state index in [1.807, 2.05) is 42.5 Å². The van der Waals surface area contributed by atoms with Crippen LogP contribution in [0.1, 0.15) is 0 Å². The van der Waals surface area contributed by atoms with Gasteiger partial charge in [-0.15, -0.1) is 0 Å². The smallest absolute Gasteiger partial charge is 0.221 e. The number of hydrogen-bond donors (Lipinski definition) is 0. The third kappa shape index (κ3) is 3.59. The molecule has 4 heterocycles. The molecule has 0 aliphatic carbocycles. The predicted octanol–water partition coefficient (Wildman–Crippen LogP) is 6.92. The van der Waals surface area contributed by atoms with E-state index >= 15 is 0 Å². The topological polar surface area (TPSA) is 55.7 Å². The molecule has 3 aromatic carbocycles. The largest absolute Gasteiger partial charge is 0.497 e. The monoisotopic (exact) mass is 499 g/mol. The van der Waals surface area contributed by atoms with Crippen LogP contribution >= 0.6 is 0 Å². The minimum Gasteiger partial charge on any atom is -0.497 e. The Kier molecular flexibility index (Phi) is 5.14. The Morgan fingerprint density at radius 3 is 2.39 bits per heavy atom. The number of nitrogens with zero attached hydrogens (tertiary/aromatic N) is 5. The lowest BCUT2D eigenvalue weighted by molar-refractivity contribution is 0.414. The Hall–Kier alpha value is -5.04. The molecule has 7 nitrogen and oxygen atoms in total. The van der Waals surface area contributed by atoms with E-state index in [1.165, 1.54) is 11.4 Å². The van der Waals surface area contributed by atoms with Gasteiger partial charge >= 0.3 is 0 Å². The molecule has 1 aliphatic heterocycles. The van der Waals surface area contributed by atoms with Crippen LogP contribution in [0.4, 0.5) is 17.1 Å². The fourth-order valence-corrected chi connectivity index (χ4v) is 5.25. The summed E-state index contributed by atoms with van der Waals surface area (Å²) in [6.45, 7) is 0.766. The van der Waals surface area contributed by atoms with Gasteiger partial charge in [-0.2, -0.15) is 0 Å². The van der Waals surface area contributed by atoms with Crippen LogP contribution in [0.25, 0.3) is 27.6 Å². The summed E-state index contributed by atoms with van der Waals surface area (Å²) >= 11 is 0. The number of pyridine rings is 2. The minimum atomic E-state index is 0.538. The molecule has 0 fully saturated rings. The number of rotatable bonds is 5. The maximum Gasteiger partial charge on any atom is 0.221 e. The van der Waals surface area contributed by atoms with Crippen molar-refractivity contribution in [3.63, 3.8) is 0 Å². The van der Waals surface area contributed by atoms with Crippen molar-refractivity contribution in [1.82, 2.24) is 14.5 Å². The van der Waals surface area contributed by atoms with Gasteiger partial charge in [0, 0.05) is 54.1 Å². The quantitative estimate of drug-likeness (QED) is 0.257. The molecule has 0 bridgehead atoms. The van der Waals surface area contributed by atoms with Crippen LogP contribution in [-0.2, 0) is 0 Å².